The van der Waals surface area contributed by atoms with Gasteiger partial charge in [0, 0.05) is 18.3 Å². The number of aromatic nitrogens is 2. The summed E-state index contributed by atoms with van der Waals surface area (Å²) in [4.78, 5) is 32.1. The first kappa shape index (κ1) is 17.8. The van der Waals surface area contributed by atoms with Gasteiger partial charge in [0.2, 0.25) is 5.91 Å². The van der Waals surface area contributed by atoms with E-state index < -0.39 is 0 Å². The molecule has 0 saturated carbocycles. The van der Waals surface area contributed by atoms with Crippen LogP contribution in [-0.4, -0.2) is 27.3 Å². The van der Waals surface area contributed by atoms with Crippen LogP contribution in [0.4, 0.5) is 5.69 Å². The van der Waals surface area contributed by atoms with Crippen molar-refractivity contribution in [3.63, 3.8) is 0 Å². The topological polar surface area (TPSA) is 55.2 Å². The lowest BCUT2D eigenvalue weighted by molar-refractivity contribution is -0.116. The number of fused-ring (bicyclic) bond motifs is 2. The van der Waals surface area contributed by atoms with Gasteiger partial charge in [0.25, 0.3) is 5.56 Å². The third kappa shape index (κ3) is 3.14. The van der Waals surface area contributed by atoms with E-state index in [4.69, 9.17) is 0 Å². The number of hydrogen-bond acceptors (Lipinski definition) is 4. The standard InChI is InChI=1S/C21H21N3O2S/c1-3-23-20(26)16-9-5-6-10-17(16)22-21(23)27-13-19(25)24-14(2)12-15-8-4-7-11-18(15)24/h4-11,14H,3,12-13H2,1-2H3. The first-order chi connectivity index (χ1) is 13.1. The highest BCUT2D eigenvalue weighted by atomic mass is 32.2. The Morgan fingerprint density at radius 3 is 2.74 bits per heavy atom. The Morgan fingerprint density at radius 2 is 1.93 bits per heavy atom. The molecule has 1 amide bonds. The molecule has 3 aromatic rings. The molecule has 1 aromatic heterocycles. The number of para-hydroxylation sites is 2. The molecule has 4 rings (SSSR count). The molecule has 2 aromatic carbocycles. The summed E-state index contributed by atoms with van der Waals surface area (Å²) in [6.07, 6.45) is 0.875. The number of carbonyl (C=O) groups excluding carboxylic acids is 1. The lowest BCUT2D eigenvalue weighted by atomic mass is 10.1. The van der Waals surface area contributed by atoms with Crippen LogP contribution in [0.25, 0.3) is 10.9 Å². The largest absolute Gasteiger partial charge is 0.308 e. The predicted molar refractivity (Wildman–Crippen MR) is 109 cm³/mol. The Hall–Kier alpha value is -2.60. The minimum absolute atomic E-state index is 0.0440. The van der Waals surface area contributed by atoms with E-state index in [2.05, 4.69) is 18.0 Å². The predicted octanol–water partition coefficient (Wildman–Crippen LogP) is 3.49. The molecule has 0 radical (unpaired) electrons. The number of carbonyl (C=O) groups is 1. The number of amides is 1. The summed E-state index contributed by atoms with van der Waals surface area (Å²) in [6.45, 7) is 4.51. The van der Waals surface area contributed by atoms with Crippen LogP contribution in [0.15, 0.2) is 58.5 Å². The summed E-state index contributed by atoms with van der Waals surface area (Å²) < 4.78 is 1.64. The Morgan fingerprint density at radius 1 is 1.19 bits per heavy atom. The van der Waals surface area contributed by atoms with Crippen LogP contribution in [0.1, 0.15) is 19.4 Å². The summed E-state index contributed by atoms with van der Waals surface area (Å²) in [5.74, 6) is 0.297. The van der Waals surface area contributed by atoms with Crippen LogP contribution in [0.3, 0.4) is 0 Å². The maximum Gasteiger partial charge on any atom is 0.262 e. The van der Waals surface area contributed by atoms with Crippen molar-refractivity contribution in [2.45, 2.75) is 38.0 Å². The van der Waals surface area contributed by atoms with Crippen molar-refractivity contribution in [2.24, 2.45) is 0 Å². The Balaban J connectivity index is 1.60. The minimum Gasteiger partial charge on any atom is -0.308 e. The van der Waals surface area contributed by atoms with E-state index in [1.165, 1.54) is 17.3 Å². The van der Waals surface area contributed by atoms with Gasteiger partial charge < -0.3 is 4.90 Å². The normalized spacial score (nSPS) is 15.9. The van der Waals surface area contributed by atoms with E-state index in [0.717, 1.165) is 12.1 Å². The van der Waals surface area contributed by atoms with Crippen molar-refractivity contribution >= 4 is 34.3 Å². The van der Waals surface area contributed by atoms with Crippen LogP contribution in [-0.2, 0) is 17.8 Å². The molecule has 5 nitrogen and oxygen atoms in total. The molecule has 0 aliphatic carbocycles. The molecule has 0 bridgehead atoms. The van der Waals surface area contributed by atoms with E-state index in [-0.39, 0.29) is 23.3 Å². The number of anilines is 1. The molecule has 1 unspecified atom stereocenters. The van der Waals surface area contributed by atoms with Crippen LogP contribution in [0, 0.1) is 0 Å². The van der Waals surface area contributed by atoms with Gasteiger partial charge in [-0.25, -0.2) is 4.98 Å². The van der Waals surface area contributed by atoms with Crippen molar-refractivity contribution in [3.8, 4) is 0 Å². The summed E-state index contributed by atoms with van der Waals surface area (Å²) >= 11 is 1.33. The quantitative estimate of drug-likeness (QED) is 0.514. The zero-order valence-corrected chi connectivity index (χ0v) is 16.2. The molecular formula is C21H21N3O2S. The van der Waals surface area contributed by atoms with Gasteiger partial charge >= 0.3 is 0 Å². The second kappa shape index (κ2) is 7.19. The summed E-state index contributed by atoms with van der Waals surface area (Å²) in [7, 11) is 0. The molecule has 2 heterocycles. The van der Waals surface area contributed by atoms with Gasteiger partial charge in [-0.15, -0.1) is 0 Å². The summed E-state index contributed by atoms with van der Waals surface area (Å²) in [5, 5.41) is 1.20. The van der Waals surface area contributed by atoms with Gasteiger partial charge in [-0.05, 0) is 44.0 Å². The molecule has 1 aliphatic rings. The molecule has 0 saturated heterocycles. The van der Waals surface area contributed by atoms with Gasteiger partial charge in [0.1, 0.15) is 0 Å². The zero-order valence-electron chi connectivity index (χ0n) is 15.4. The van der Waals surface area contributed by atoms with Crippen molar-refractivity contribution in [2.75, 3.05) is 10.7 Å². The van der Waals surface area contributed by atoms with Crippen molar-refractivity contribution in [3.05, 3.63) is 64.4 Å². The number of thioether (sulfide) groups is 1. The highest BCUT2D eigenvalue weighted by Gasteiger charge is 2.30. The first-order valence-corrected chi connectivity index (χ1v) is 10.1. The molecular weight excluding hydrogens is 358 g/mol. The van der Waals surface area contributed by atoms with Crippen molar-refractivity contribution in [1.29, 1.82) is 0 Å². The maximum absolute atomic E-state index is 12.9. The van der Waals surface area contributed by atoms with Gasteiger partial charge in [0.05, 0.1) is 16.7 Å². The molecule has 138 valence electrons. The highest BCUT2D eigenvalue weighted by molar-refractivity contribution is 7.99. The van der Waals surface area contributed by atoms with E-state index in [9.17, 15) is 9.59 Å². The molecule has 6 heteroatoms. The van der Waals surface area contributed by atoms with Gasteiger partial charge in [-0.2, -0.15) is 0 Å². The van der Waals surface area contributed by atoms with Gasteiger partial charge in [-0.3, -0.25) is 14.2 Å². The Labute approximate surface area is 162 Å². The third-order valence-electron chi connectivity index (χ3n) is 4.94. The van der Waals surface area contributed by atoms with E-state index in [1.807, 2.05) is 48.2 Å². The smallest absolute Gasteiger partial charge is 0.262 e. The Kier molecular flexibility index (Phi) is 4.74. The molecule has 1 atom stereocenters. The fourth-order valence-corrected chi connectivity index (χ4v) is 4.60. The minimum atomic E-state index is -0.0575. The Bertz CT molecular complexity index is 1080. The van der Waals surface area contributed by atoms with Gasteiger partial charge in [0.15, 0.2) is 5.16 Å². The second-order valence-corrected chi connectivity index (χ2v) is 7.64. The van der Waals surface area contributed by atoms with Gasteiger partial charge in [-0.1, -0.05) is 42.1 Å². The van der Waals surface area contributed by atoms with E-state index >= 15 is 0 Å². The molecule has 0 N–H and O–H groups in total. The van der Waals surface area contributed by atoms with Crippen LogP contribution in [0.5, 0.6) is 0 Å². The number of nitrogens with zero attached hydrogens (tertiary/aromatic N) is 3. The van der Waals surface area contributed by atoms with E-state index in [0.29, 0.717) is 22.6 Å². The van der Waals surface area contributed by atoms with Crippen molar-refractivity contribution in [1.82, 2.24) is 9.55 Å². The number of hydrogen-bond donors (Lipinski definition) is 0. The monoisotopic (exact) mass is 379 g/mol. The molecule has 27 heavy (non-hydrogen) atoms. The second-order valence-electron chi connectivity index (χ2n) is 6.70. The zero-order chi connectivity index (χ0) is 19.0. The maximum atomic E-state index is 12.9. The average Bonchev–Trinajstić information content (AvgIpc) is 3.02. The molecule has 0 fully saturated rings. The SMILES string of the molecule is CCn1c(SCC(=O)N2c3ccccc3CC2C)nc2ccccc2c1=O. The average molecular weight is 379 g/mol. The fourth-order valence-electron chi connectivity index (χ4n) is 3.68. The molecule has 1 aliphatic heterocycles. The third-order valence-corrected chi connectivity index (χ3v) is 5.90. The molecule has 0 spiro atoms. The first-order valence-electron chi connectivity index (χ1n) is 9.12. The summed E-state index contributed by atoms with van der Waals surface area (Å²) in [6, 6.07) is 15.5. The van der Waals surface area contributed by atoms with Crippen LogP contribution in [0.2, 0.25) is 0 Å². The number of rotatable bonds is 4. The van der Waals surface area contributed by atoms with Crippen LogP contribution >= 0.6 is 11.8 Å². The number of benzene rings is 2. The van der Waals surface area contributed by atoms with Crippen LogP contribution < -0.4 is 10.5 Å². The highest BCUT2D eigenvalue weighted by Crippen LogP contribution is 2.32. The fraction of sp³-hybridized carbons (Fsp3) is 0.286. The van der Waals surface area contributed by atoms with Crippen molar-refractivity contribution < 1.29 is 4.79 Å². The van der Waals surface area contributed by atoms with E-state index in [1.54, 1.807) is 10.6 Å². The summed E-state index contributed by atoms with van der Waals surface area (Å²) in [5.41, 5.74) is 2.81. The lowest BCUT2D eigenvalue weighted by Crippen LogP contribution is -2.37. The lowest BCUT2D eigenvalue weighted by Gasteiger charge is -2.22.